The van der Waals surface area contributed by atoms with Gasteiger partial charge in [0.2, 0.25) is 0 Å². The van der Waals surface area contributed by atoms with Crippen LogP contribution >= 0.6 is 0 Å². The maximum Gasteiger partial charge on any atom is 0.334 e. The van der Waals surface area contributed by atoms with Gasteiger partial charge in [-0.3, -0.25) is 4.79 Å². The highest BCUT2D eigenvalue weighted by molar-refractivity contribution is 5.92. The van der Waals surface area contributed by atoms with E-state index >= 15 is 0 Å². The minimum Gasteiger partial charge on any atom is -0.462 e. The molecule has 1 heterocycles. The van der Waals surface area contributed by atoms with Crippen LogP contribution in [0.1, 0.15) is 40.5 Å². The van der Waals surface area contributed by atoms with Crippen LogP contribution < -0.4 is 0 Å². The lowest BCUT2D eigenvalue weighted by Gasteiger charge is -2.28. The number of rotatable bonds is 4. The molecule has 1 aliphatic carbocycles. The van der Waals surface area contributed by atoms with Crippen LogP contribution in [0.4, 0.5) is 0 Å². The van der Waals surface area contributed by atoms with Gasteiger partial charge in [-0.05, 0) is 44.9 Å². The Morgan fingerprint density at radius 2 is 2.03 bits per heavy atom. The van der Waals surface area contributed by atoms with E-state index in [0.717, 1.165) is 5.57 Å². The summed E-state index contributed by atoms with van der Waals surface area (Å²) in [6, 6.07) is 0. The van der Waals surface area contributed by atoms with E-state index < -0.39 is 42.1 Å². The third-order valence-corrected chi connectivity index (χ3v) is 5.08. The van der Waals surface area contributed by atoms with Crippen LogP contribution in [0.2, 0.25) is 0 Å². The molecule has 2 aliphatic rings. The van der Waals surface area contributed by atoms with Crippen molar-refractivity contribution in [2.75, 3.05) is 6.61 Å². The summed E-state index contributed by atoms with van der Waals surface area (Å²) in [4.78, 5) is 35.6. The van der Waals surface area contributed by atoms with Crippen molar-refractivity contribution in [2.45, 2.75) is 58.8 Å². The highest BCUT2D eigenvalue weighted by Gasteiger charge is 2.44. The molecule has 7 nitrogen and oxygen atoms in total. The van der Waals surface area contributed by atoms with Crippen molar-refractivity contribution < 1.29 is 33.7 Å². The van der Waals surface area contributed by atoms with E-state index in [0.29, 0.717) is 24.0 Å². The number of aliphatic hydroxyl groups is 1. The number of ether oxygens (including phenoxy) is 3. The molecule has 2 rings (SSSR count). The maximum absolute atomic E-state index is 12.6. The molecular formula is C22H28O7. The van der Waals surface area contributed by atoms with E-state index in [9.17, 15) is 19.5 Å². The van der Waals surface area contributed by atoms with Crippen LogP contribution in [0.3, 0.4) is 0 Å². The first-order chi connectivity index (χ1) is 13.6. The second-order valence-electron chi connectivity index (χ2n) is 7.47. The summed E-state index contributed by atoms with van der Waals surface area (Å²) >= 11 is 0. The number of aliphatic hydroxyl groups excluding tert-OH is 1. The Morgan fingerprint density at radius 3 is 2.69 bits per heavy atom. The highest BCUT2D eigenvalue weighted by Crippen LogP contribution is 2.36. The summed E-state index contributed by atoms with van der Waals surface area (Å²) in [5, 5.41) is 10.3. The van der Waals surface area contributed by atoms with E-state index in [4.69, 9.17) is 14.2 Å². The Balaban J connectivity index is 2.29. The molecular weight excluding hydrogens is 376 g/mol. The van der Waals surface area contributed by atoms with Gasteiger partial charge in [-0.2, -0.15) is 0 Å². The normalized spacial score (nSPS) is 31.6. The van der Waals surface area contributed by atoms with Gasteiger partial charge in [0.05, 0.1) is 12.0 Å². The number of hydrogen-bond acceptors (Lipinski definition) is 7. The SMILES string of the molecule is C=C1C(=O)O[C@@H]2/C=C(\C)[C@H](O)C/C=C(\C)C[C@@H](OC(=O)/C(C)=C/COC(C)=O)[C@@H]12. The Labute approximate surface area is 170 Å². The monoisotopic (exact) mass is 404 g/mol. The van der Waals surface area contributed by atoms with Crippen molar-refractivity contribution in [1.82, 2.24) is 0 Å². The van der Waals surface area contributed by atoms with Gasteiger partial charge >= 0.3 is 17.9 Å². The molecule has 0 radical (unpaired) electrons. The molecule has 0 unspecified atom stereocenters. The Hall–Kier alpha value is -2.67. The van der Waals surface area contributed by atoms with Crippen LogP contribution in [0.25, 0.3) is 0 Å². The van der Waals surface area contributed by atoms with Crippen molar-refractivity contribution in [3.63, 3.8) is 0 Å². The van der Waals surface area contributed by atoms with Crippen LogP contribution in [0, 0.1) is 5.92 Å². The molecule has 0 amide bonds. The lowest BCUT2D eigenvalue weighted by molar-refractivity contribution is -0.147. The van der Waals surface area contributed by atoms with E-state index in [2.05, 4.69) is 6.58 Å². The number of esters is 3. The largest absolute Gasteiger partial charge is 0.462 e. The first kappa shape index (κ1) is 22.6. The van der Waals surface area contributed by atoms with Crippen molar-refractivity contribution in [2.24, 2.45) is 5.92 Å². The van der Waals surface area contributed by atoms with Gasteiger partial charge in [-0.25, -0.2) is 9.59 Å². The smallest absolute Gasteiger partial charge is 0.334 e. The zero-order chi connectivity index (χ0) is 21.7. The second-order valence-corrected chi connectivity index (χ2v) is 7.47. The van der Waals surface area contributed by atoms with Gasteiger partial charge in [-0.1, -0.05) is 18.2 Å². The number of carbonyl (C=O) groups is 3. The first-order valence-corrected chi connectivity index (χ1v) is 9.53. The standard InChI is InChI=1S/C22H28O7/c1-12-6-7-17(24)14(3)11-19-20(15(4)22(26)29-19)18(10-12)28-21(25)13(2)8-9-27-16(5)23/h6,8,11,17-20,24H,4,7,9-10H2,1-3,5H3/b12-6+,13-8+,14-11+/t17-,18-,19-,20-/m1/s1. The van der Waals surface area contributed by atoms with Crippen molar-refractivity contribution >= 4 is 17.9 Å². The van der Waals surface area contributed by atoms with Crippen molar-refractivity contribution in [3.05, 3.63) is 47.1 Å². The topological polar surface area (TPSA) is 99.1 Å². The van der Waals surface area contributed by atoms with Crippen molar-refractivity contribution in [3.8, 4) is 0 Å². The molecule has 29 heavy (non-hydrogen) atoms. The third kappa shape index (κ3) is 5.90. The van der Waals surface area contributed by atoms with E-state index in [1.54, 1.807) is 19.9 Å². The molecule has 1 aliphatic heterocycles. The van der Waals surface area contributed by atoms with Gasteiger partial charge in [0, 0.05) is 24.5 Å². The number of fused-ring (bicyclic) bond motifs is 1. The zero-order valence-corrected chi connectivity index (χ0v) is 17.3. The molecule has 0 aromatic rings. The van der Waals surface area contributed by atoms with Crippen LogP contribution in [0.15, 0.2) is 47.1 Å². The molecule has 0 bridgehead atoms. The van der Waals surface area contributed by atoms with Gasteiger partial charge in [0.25, 0.3) is 0 Å². The number of hydrogen-bond donors (Lipinski definition) is 1. The molecule has 4 atom stereocenters. The summed E-state index contributed by atoms with van der Waals surface area (Å²) in [5.41, 5.74) is 2.13. The summed E-state index contributed by atoms with van der Waals surface area (Å²) in [5.74, 6) is -2.11. The van der Waals surface area contributed by atoms with Crippen LogP contribution in [0.5, 0.6) is 0 Å². The summed E-state index contributed by atoms with van der Waals surface area (Å²) in [6.07, 6.45) is 3.84. The van der Waals surface area contributed by atoms with E-state index in [-0.39, 0.29) is 12.2 Å². The lowest BCUT2D eigenvalue weighted by Crippen LogP contribution is -2.34. The van der Waals surface area contributed by atoms with Crippen molar-refractivity contribution in [1.29, 1.82) is 0 Å². The third-order valence-electron chi connectivity index (χ3n) is 5.08. The minimum absolute atomic E-state index is 0.0277. The second kappa shape index (κ2) is 9.69. The Morgan fingerprint density at radius 1 is 1.34 bits per heavy atom. The molecule has 0 spiro atoms. The Bertz CT molecular complexity index is 787. The van der Waals surface area contributed by atoms with Gasteiger partial charge in [-0.15, -0.1) is 0 Å². The highest BCUT2D eigenvalue weighted by atomic mass is 16.6. The fourth-order valence-electron chi connectivity index (χ4n) is 3.29. The molecule has 7 heteroatoms. The summed E-state index contributed by atoms with van der Waals surface area (Å²) in [6.45, 7) is 10.3. The minimum atomic E-state index is -0.677. The average Bonchev–Trinajstić information content (AvgIpc) is 2.91. The van der Waals surface area contributed by atoms with Crippen LogP contribution in [-0.4, -0.2) is 47.9 Å². The average molecular weight is 404 g/mol. The molecule has 1 saturated heterocycles. The van der Waals surface area contributed by atoms with E-state index in [1.807, 2.05) is 13.0 Å². The molecule has 0 saturated carbocycles. The number of carbonyl (C=O) groups excluding carboxylic acids is 3. The predicted molar refractivity (Wildman–Crippen MR) is 106 cm³/mol. The maximum atomic E-state index is 12.6. The predicted octanol–water partition coefficient (Wildman–Crippen LogP) is 2.55. The van der Waals surface area contributed by atoms with Gasteiger partial charge in [0.15, 0.2) is 0 Å². The van der Waals surface area contributed by atoms with Crippen LogP contribution in [-0.2, 0) is 28.6 Å². The quantitative estimate of drug-likeness (QED) is 0.333. The molecule has 158 valence electrons. The summed E-state index contributed by atoms with van der Waals surface area (Å²) in [7, 11) is 0. The van der Waals surface area contributed by atoms with Gasteiger partial charge < -0.3 is 19.3 Å². The molecule has 1 fully saturated rings. The zero-order valence-electron chi connectivity index (χ0n) is 17.3. The summed E-state index contributed by atoms with van der Waals surface area (Å²) < 4.78 is 16.0. The lowest BCUT2D eigenvalue weighted by atomic mass is 9.85. The molecule has 1 N–H and O–H groups in total. The van der Waals surface area contributed by atoms with E-state index in [1.165, 1.54) is 13.0 Å². The molecule has 0 aromatic carbocycles. The first-order valence-electron chi connectivity index (χ1n) is 9.53. The fourth-order valence-corrected chi connectivity index (χ4v) is 3.29. The Kier molecular flexibility index (Phi) is 7.56. The van der Waals surface area contributed by atoms with Gasteiger partial charge in [0.1, 0.15) is 18.8 Å². The fraction of sp³-hybridized carbons (Fsp3) is 0.500. The molecule has 0 aromatic heterocycles.